The number of ether oxygens (including phenoxy) is 1. The summed E-state index contributed by atoms with van der Waals surface area (Å²) in [7, 11) is 1.93. The largest absolute Gasteiger partial charge is 0.398 e. The summed E-state index contributed by atoms with van der Waals surface area (Å²) in [5, 5.41) is 13.7. The van der Waals surface area contributed by atoms with Crippen LogP contribution in [-0.4, -0.2) is 73.2 Å². The van der Waals surface area contributed by atoms with E-state index in [-0.39, 0.29) is 11.8 Å². The molecule has 0 radical (unpaired) electrons. The predicted molar refractivity (Wildman–Crippen MR) is 170 cm³/mol. The Morgan fingerprint density at radius 1 is 1.07 bits per heavy atom. The number of anilines is 1. The van der Waals surface area contributed by atoms with Crippen LogP contribution in [0, 0.1) is 0 Å². The summed E-state index contributed by atoms with van der Waals surface area (Å²) in [4.78, 5) is 34.9. The summed E-state index contributed by atoms with van der Waals surface area (Å²) < 4.78 is 6.01. The second-order valence-electron chi connectivity index (χ2n) is 11.6. The zero-order valence-electron chi connectivity index (χ0n) is 25.5. The van der Waals surface area contributed by atoms with E-state index in [1.165, 1.54) is 0 Å². The zero-order chi connectivity index (χ0) is 30.5. The van der Waals surface area contributed by atoms with E-state index in [9.17, 15) is 14.4 Å². The Hall–Kier alpha value is -2.82. The van der Waals surface area contributed by atoms with Gasteiger partial charge in [-0.1, -0.05) is 37.6 Å². The second-order valence-corrected chi connectivity index (χ2v) is 12.7. The molecule has 41 heavy (non-hydrogen) atoms. The van der Waals surface area contributed by atoms with Gasteiger partial charge in [0.1, 0.15) is 0 Å². The first-order valence-corrected chi connectivity index (χ1v) is 15.5. The number of hydrogen-bond acceptors (Lipinski definition) is 7. The maximum atomic E-state index is 13.0. The molecule has 2 aromatic rings. The lowest BCUT2D eigenvalue weighted by Crippen LogP contribution is -2.46. The van der Waals surface area contributed by atoms with Gasteiger partial charge in [-0.05, 0) is 65.1 Å². The van der Waals surface area contributed by atoms with Crippen LogP contribution in [0.1, 0.15) is 70.7 Å². The van der Waals surface area contributed by atoms with Crippen LogP contribution in [-0.2, 0) is 14.3 Å². The molecule has 1 aliphatic rings. The number of benzene rings is 2. The minimum Gasteiger partial charge on any atom is -0.398 e. The third-order valence-corrected chi connectivity index (χ3v) is 8.26. The molecule has 0 bridgehead atoms. The Morgan fingerprint density at radius 2 is 1.76 bits per heavy atom. The van der Waals surface area contributed by atoms with Crippen LogP contribution in [0.4, 0.5) is 5.69 Å². The highest BCUT2D eigenvalue weighted by atomic mass is 32.2. The number of amides is 3. The minimum absolute atomic E-state index is 0.0573. The fourth-order valence-corrected chi connectivity index (χ4v) is 5.80. The number of rotatable bonds is 14. The molecule has 2 aromatic carbocycles. The van der Waals surface area contributed by atoms with Gasteiger partial charge < -0.3 is 31.7 Å². The van der Waals surface area contributed by atoms with Crippen LogP contribution in [0.2, 0.25) is 0 Å². The highest BCUT2D eigenvalue weighted by molar-refractivity contribution is 7.99. The van der Waals surface area contributed by atoms with Crippen LogP contribution >= 0.6 is 11.8 Å². The van der Waals surface area contributed by atoms with E-state index in [2.05, 4.69) is 28.2 Å². The lowest BCUT2D eigenvalue weighted by Gasteiger charge is -2.30. The average Bonchev–Trinajstić information content (AvgIpc) is 3.38. The van der Waals surface area contributed by atoms with Crippen LogP contribution < -0.4 is 27.0 Å². The number of thioether (sulfide) groups is 1. The van der Waals surface area contributed by atoms with Crippen molar-refractivity contribution in [2.75, 3.05) is 37.4 Å². The summed E-state index contributed by atoms with van der Waals surface area (Å²) in [6.45, 7) is 10.9. The van der Waals surface area contributed by atoms with Gasteiger partial charge in [-0.25, -0.2) is 0 Å². The smallest absolute Gasteiger partial charge is 0.252 e. The van der Waals surface area contributed by atoms with Crippen LogP contribution in [0.25, 0.3) is 10.8 Å². The Labute approximate surface area is 249 Å². The lowest BCUT2D eigenvalue weighted by atomic mass is 9.98. The molecule has 2 unspecified atom stereocenters. The van der Waals surface area contributed by atoms with E-state index >= 15 is 0 Å². The first kappa shape index (κ1) is 34.4. The maximum absolute atomic E-state index is 13.0. The molecule has 0 spiro atoms. The standard InChI is InChI=1S/C25H37N3O3.C6H12N2OS/c1-6-7-14-22(29)27-17-25(4,5)31-16-15-24(2,3)28-23(30)20-12-8-11-19-18(20)10-9-13-21(19)26;1-7-5-2-10-3-6(5)8-4-9/h8-13H,6-7,14-17,26H2,1-5H3,(H,27,29)(H,28,30);4-7H,2-3H2,1H3,(H,8,9). The molecule has 6 N–H and O–H groups in total. The van der Waals surface area contributed by atoms with E-state index in [1.54, 1.807) is 0 Å². The number of carbonyl (C=O) groups excluding carboxylic acids is 3. The molecule has 3 rings (SSSR count). The molecule has 3 amide bonds. The first-order valence-electron chi connectivity index (χ1n) is 14.4. The SMILES string of the molecule is CCCCC(=O)NCC(C)(C)OCCC(C)(C)NC(=O)c1cccc2c(N)cccc12.CNC1CSCC1NC=O. The average molecular weight is 588 g/mol. The fraction of sp³-hybridized carbons (Fsp3) is 0.581. The molecule has 1 aliphatic heterocycles. The minimum atomic E-state index is -0.477. The summed E-state index contributed by atoms with van der Waals surface area (Å²) in [5.74, 6) is 2.05. The molecule has 9 nitrogen and oxygen atoms in total. The molecule has 0 aromatic heterocycles. The molecule has 2 atom stereocenters. The van der Waals surface area contributed by atoms with E-state index in [0.29, 0.717) is 49.3 Å². The van der Waals surface area contributed by atoms with Crippen molar-refractivity contribution in [3.05, 3.63) is 42.0 Å². The van der Waals surface area contributed by atoms with Gasteiger partial charge in [-0.2, -0.15) is 11.8 Å². The normalized spacial score (nSPS) is 16.9. The third kappa shape index (κ3) is 11.5. The van der Waals surface area contributed by atoms with Crippen molar-refractivity contribution in [3.63, 3.8) is 0 Å². The number of nitrogen functional groups attached to an aromatic ring is 1. The third-order valence-electron chi connectivity index (χ3n) is 7.07. The van der Waals surface area contributed by atoms with Crippen molar-refractivity contribution >= 4 is 46.4 Å². The second kappa shape index (κ2) is 16.6. The number of likely N-dealkylation sites (N-methyl/N-ethyl adjacent to an activating group) is 1. The van der Waals surface area contributed by atoms with Crippen molar-refractivity contribution in [2.24, 2.45) is 0 Å². The summed E-state index contributed by atoms with van der Waals surface area (Å²) in [5.41, 5.74) is 6.38. The number of fused-ring (bicyclic) bond motifs is 1. The number of hydrogen-bond donors (Lipinski definition) is 5. The molecule has 1 fully saturated rings. The highest BCUT2D eigenvalue weighted by Gasteiger charge is 2.26. The monoisotopic (exact) mass is 587 g/mol. The fourth-order valence-electron chi connectivity index (χ4n) is 4.43. The van der Waals surface area contributed by atoms with E-state index in [1.807, 2.05) is 82.9 Å². The zero-order valence-corrected chi connectivity index (χ0v) is 26.3. The van der Waals surface area contributed by atoms with Crippen molar-refractivity contribution < 1.29 is 19.1 Å². The van der Waals surface area contributed by atoms with Crippen LogP contribution in [0.3, 0.4) is 0 Å². The highest BCUT2D eigenvalue weighted by Crippen LogP contribution is 2.25. The van der Waals surface area contributed by atoms with Crippen LogP contribution in [0.5, 0.6) is 0 Å². The molecule has 0 aliphatic carbocycles. The maximum Gasteiger partial charge on any atom is 0.252 e. The van der Waals surface area contributed by atoms with Gasteiger partial charge in [0.25, 0.3) is 5.91 Å². The summed E-state index contributed by atoms with van der Waals surface area (Å²) in [6.07, 6.45) is 3.86. The van der Waals surface area contributed by atoms with Gasteiger partial charge in [0.15, 0.2) is 0 Å². The summed E-state index contributed by atoms with van der Waals surface area (Å²) in [6, 6.07) is 12.0. The van der Waals surface area contributed by atoms with Crippen molar-refractivity contribution in [3.8, 4) is 0 Å². The van der Waals surface area contributed by atoms with Gasteiger partial charge in [0, 0.05) is 59.3 Å². The van der Waals surface area contributed by atoms with Crippen molar-refractivity contribution in [1.82, 2.24) is 21.3 Å². The molecule has 10 heteroatoms. The molecular weight excluding hydrogens is 538 g/mol. The number of nitrogens with two attached hydrogens (primary N) is 1. The Kier molecular flexibility index (Phi) is 13.9. The molecule has 1 saturated heterocycles. The van der Waals surface area contributed by atoms with Crippen LogP contribution in [0.15, 0.2) is 36.4 Å². The molecule has 1 heterocycles. The summed E-state index contributed by atoms with van der Waals surface area (Å²) >= 11 is 1.87. The Balaban J connectivity index is 0.000000493. The molecule has 228 valence electrons. The van der Waals surface area contributed by atoms with Gasteiger partial charge >= 0.3 is 0 Å². The topological polar surface area (TPSA) is 135 Å². The molecule has 0 saturated carbocycles. The van der Waals surface area contributed by atoms with E-state index in [4.69, 9.17) is 10.5 Å². The Bertz CT molecular complexity index is 1140. The lowest BCUT2D eigenvalue weighted by molar-refractivity contribution is -0.123. The van der Waals surface area contributed by atoms with Crippen molar-refractivity contribution in [1.29, 1.82) is 0 Å². The molecular formula is C31H49N5O4S. The quantitative estimate of drug-likeness (QED) is 0.167. The number of nitrogens with one attached hydrogen (secondary N) is 4. The van der Waals surface area contributed by atoms with Gasteiger partial charge in [-0.3, -0.25) is 14.4 Å². The van der Waals surface area contributed by atoms with Gasteiger partial charge in [-0.15, -0.1) is 0 Å². The van der Waals surface area contributed by atoms with Gasteiger partial charge in [0.05, 0.1) is 11.6 Å². The van der Waals surface area contributed by atoms with E-state index in [0.717, 1.165) is 41.5 Å². The van der Waals surface area contributed by atoms with Gasteiger partial charge in [0.2, 0.25) is 12.3 Å². The predicted octanol–water partition coefficient (Wildman–Crippen LogP) is 3.86. The number of carbonyl (C=O) groups is 3. The van der Waals surface area contributed by atoms with Crippen molar-refractivity contribution in [2.45, 2.75) is 83.5 Å². The number of unbranched alkanes of at least 4 members (excludes halogenated alkanes) is 1. The van der Waals surface area contributed by atoms with E-state index < -0.39 is 11.1 Å². The first-order chi connectivity index (χ1) is 19.4. The Morgan fingerprint density at radius 3 is 2.44 bits per heavy atom.